The van der Waals surface area contributed by atoms with Crippen LogP contribution in [0.2, 0.25) is 5.02 Å². The van der Waals surface area contributed by atoms with E-state index in [1.54, 1.807) is 24.3 Å². The molecule has 0 atom stereocenters. The number of ether oxygens (including phenoxy) is 2. The molecule has 1 amide bonds. The lowest BCUT2D eigenvalue weighted by Gasteiger charge is -2.12. The summed E-state index contributed by atoms with van der Waals surface area (Å²) in [5.41, 5.74) is 2.15. The summed E-state index contributed by atoms with van der Waals surface area (Å²) in [7, 11) is 0. The minimum atomic E-state index is -0.550. The van der Waals surface area contributed by atoms with Gasteiger partial charge in [-0.1, -0.05) is 29.8 Å². The lowest BCUT2D eigenvalue weighted by atomic mass is 10.1. The van der Waals surface area contributed by atoms with Crippen LogP contribution < -0.4 is 14.8 Å². The fourth-order valence-electron chi connectivity index (χ4n) is 3.46. The highest BCUT2D eigenvalue weighted by atomic mass is 35.5. The lowest BCUT2D eigenvalue weighted by molar-refractivity contribution is -0.384. The molecule has 1 N–H and O–H groups in total. The molecule has 0 unspecified atom stereocenters. The summed E-state index contributed by atoms with van der Waals surface area (Å²) in [4.78, 5) is 23.9. The predicted octanol–water partition coefficient (Wildman–Crippen LogP) is 6.14. The number of aryl methyl sites for hydroxylation is 2. The molecule has 3 aromatic carbocycles. The van der Waals surface area contributed by atoms with E-state index in [1.807, 2.05) is 32.0 Å². The van der Waals surface area contributed by atoms with Gasteiger partial charge in [-0.3, -0.25) is 14.9 Å². The number of halogens is 1. The smallest absolute Gasteiger partial charge is 0.275 e. The molecule has 4 aromatic rings. The number of amides is 1. The molecule has 0 saturated carbocycles. The Bertz CT molecular complexity index is 1380. The van der Waals surface area contributed by atoms with E-state index in [0.717, 1.165) is 11.1 Å². The molecule has 10 heteroatoms. The predicted molar refractivity (Wildman–Crippen MR) is 131 cm³/mol. The molecule has 35 heavy (non-hydrogen) atoms. The molecule has 1 heterocycles. The zero-order valence-corrected chi connectivity index (χ0v) is 19.7. The Balaban J connectivity index is 1.54. The average molecular weight is 493 g/mol. The van der Waals surface area contributed by atoms with Gasteiger partial charge in [-0.05, 0) is 55.3 Å². The number of non-ortho nitro benzene ring substituents is 1. The molecule has 0 aliphatic rings. The molecular formula is C25H21ClN4O5. The maximum Gasteiger partial charge on any atom is 0.275 e. The van der Waals surface area contributed by atoms with E-state index in [2.05, 4.69) is 10.4 Å². The molecule has 9 nitrogen and oxygen atoms in total. The summed E-state index contributed by atoms with van der Waals surface area (Å²) in [6.45, 7) is 3.80. The van der Waals surface area contributed by atoms with Gasteiger partial charge < -0.3 is 14.8 Å². The number of nitro groups is 1. The molecule has 1 aromatic heterocycles. The minimum Gasteiger partial charge on any atom is -0.470 e. The number of nitrogens with zero attached hydrogens (tertiary/aromatic N) is 3. The molecule has 0 spiro atoms. The number of carbonyl (C=O) groups excluding carboxylic acids is 1. The fraction of sp³-hybridized carbons (Fsp3) is 0.120. The average Bonchev–Trinajstić information content (AvgIpc) is 3.26. The first-order chi connectivity index (χ1) is 16.8. The van der Waals surface area contributed by atoms with Crippen molar-refractivity contribution in [1.29, 1.82) is 0 Å². The number of hydrogen-bond donors (Lipinski definition) is 1. The number of rotatable bonds is 8. The number of nitrogens with one attached hydrogen (secondary N) is 1. The van der Waals surface area contributed by atoms with E-state index in [-0.39, 0.29) is 29.5 Å². The van der Waals surface area contributed by atoms with Gasteiger partial charge in [-0.25, -0.2) is 4.68 Å². The Morgan fingerprint density at radius 3 is 2.49 bits per heavy atom. The van der Waals surface area contributed by atoms with Crippen molar-refractivity contribution in [2.45, 2.75) is 20.6 Å². The van der Waals surface area contributed by atoms with Crippen LogP contribution in [0, 0.1) is 24.0 Å². The van der Waals surface area contributed by atoms with Crippen molar-refractivity contribution in [2.75, 3.05) is 5.32 Å². The first-order valence-corrected chi connectivity index (χ1v) is 10.9. The molecular weight excluding hydrogens is 472 g/mol. The van der Waals surface area contributed by atoms with Crippen molar-refractivity contribution < 1.29 is 19.2 Å². The van der Waals surface area contributed by atoms with Gasteiger partial charge in [0.1, 0.15) is 22.9 Å². The van der Waals surface area contributed by atoms with E-state index >= 15 is 0 Å². The SMILES string of the molecule is Cc1cc(C)cc(Oc2cc(NC(=O)c3ccnn3COc3ccccc3Cl)cc([N+](=O)[O-])c2)c1. The fourth-order valence-corrected chi connectivity index (χ4v) is 3.65. The first kappa shape index (κ1) is 23.8. The number of para-hydroxylation sites is 1. The third-order valence-electron chi connectivity index (χ3n) is 4.92. The van der Waals surface area contributed by atoms with Gasteiger partial charge in [0.15, 0.2) is 6.73 Å². The molecule has 0 bridgehead atoms. The Morgan fingerprint density at radius 2 is 1.77 bits per heavy atom. The molecule has 4 rings (SSSR count). The van der Waals surface area contributed by atoms with Crippen molar-refractivity contribution in [3.05, 3.63) is 105 Å². The van der Waals surface area contributed by atoms with Crippen molar-refractivity contribution in [3.63, 3.8) is 0 Å². The van der Waals surface area contributed by atoms with Crippen LogP contribution in [0.3, 0.4) is 0 Å². The highest BCUT2D eigenvalue weighted by molar-refractivity contribution is 6.32. The molecule has 178 valence electrons. The third-order valence-corrected chi connectivity index (χ3v) is 5.23. The number of benzene rings is 3. The number of aromatic nitrogens is 2. The van der Waals surface area contributed by atoms with Gasteiger partial charge >= 0.3 is 0 Å². The quantitative estimate of drug-likeness (QED) is 0.233. The topological polar surface area (TPSA) is 109 Å². The Hall–Kier alpha value is -4.37. The maximum atomic E-state index is 13.0. The highest BCUT2D eigenvalue weighted by Gasteiger charge is 2.17. The van der Waals surface area contributed by atoms with Crippen LogP contribution in [0.15, 0.2) is 72.9 Å². The largest absolute Gasteiger partial charge is 0.470 e. The van der Waals surface area contributed by atoms with Crippen molar-refractivity contribution in [2.24, 2.45) is 0 Å². The van der Waals surface area contributed by atoms with Crippen LogP contribution in [0.1, 0.15) is 21.6 Å². The molecule has 0 aliphatic heterocycles. The summed E-state index contributed by atoms with van der Waals surface area (Å²) in [5.74, 6) is 0.677. The van der Waals surface area contributed by atoms with E-state index in [0.29, 0.717) is 16.5 Å². The van der Waals surface area contributed by atoms with Crippen LogP contribution in [-0.2, 0) is 6.73 Å². The monoisotopic (exact) mass is 492 g/mol. The van der Waals surface area contributed by atoms with Gasteiger partial charge in [0.2, 0.25) is 0 Å². The van der Waals surface area contributed by atoms with E-state index in [1.165, 1.54) is 35.1 Å². The van der Waals surface area contributed by atoms with Crippen molar-refractivity contribution >= 4 is 28.9 Å². The minimum absolute atomic E-state index is 0.0600. The van der Waals surface area contributed by atoms with Crippen LogP contribution >= 0.6 is 11.6 Å². The number of nitro benzene ring substituents is 1. The van der Waals surface area contributed by atoms with E-state index in [4.69, 9.17) is 21.1 Å². The summed E-state index contributed by atoms with van der Waals surface area (Å²) in [6.07, 6.45) is 1.45. The van der Waals surface area contributed by atoms with Gasteiger partial charge in [-0.2, -0.15) is 5.10 Å². The zero-order chi connectivity index (χ0) is 24.9. The summed E-state index contributed by atoms with van der Waals surface area (Å²) < 4.78 is 12.9. The number of carbonyl (C=O) groups is 1. The second-order valence-electron chi connectivity index (χ2n) is 7.77. The van der Waals surface area contributed by atoms with Crippen molar-refractivity contribution in [3.8, 4) is 17.2 Å². The van der Waals surface area contributed by atoms with Gasteiger partial charge in [0, 0.05) is 18.3 Å². The third kappa shape index (κ3) is 5.96. The first-order valence-electron chi connectivity index (χ1n) is 10.5. The lowest BCUT2D eigenvalue weighted by Crippen LogP contribution is -2.19. The summed E-state index contributed by atoms with van der Waals surface area (Å²) >= 11 is 6.10. The maximum absolute atomic E-state index is 13.0. The van der Waals surface area contributed by atoms with Crippen molar-refractivity contribution in [1.82, 2.24) is 9.78 Å². The Morgan fingerprint density at radius 1 is 1.06 bits per heavy atom. The Kier molecular flexibility index (Phi) is 6.98. The second kappa shape index (κ2) is 10.3. The summed E-state index contributed by atoms with van der Waals surface area (Å²) in [5, 5.41) is 18.7. The molecule has 0 fully saturated rings. The second-order valence-corrected chi connectivity index (χ2v) is 8.18. The number of hydrogen-bond acceptors (Lipinski definition) is 6. The van der Waals surface area contributed by atoms with Crippen LogP contribution in [0.5, 0.6) is 17.2 Å². The standard InChI is InChI=1S/C25H21ClN4O5/c1-16-9-17(2)11-20(10-16)35-21-13-18(12-19(14-21)30(32)33)28-25(31)23-7-8-27-29(23)15-34-24-6-4-3-5-22(24)26/h3-14H,15H2,1-2H3,(H,28,31). The van der Waals surface area contributed by atoms with E-state index in [9.17, 15) is 14.9 Å². The van der Waals surface area contributed by atoms with E-state index < -0.39 is 10.8 Å². The van der Waals surface area contributed by atoms with Gasteiger partial charge in [-0.15, -0.1) is 0 Å². The van der Waals surface area contributed by atoms with Gasteiger partial charge in [0.25, 0.3) is 11.6 Å². The normalized spacial score (nSPS) is 10.6. The Labute approximate surface area is 206 Å². The van der Waals surface area contributed by atoms with Crippen LogP contribution in [-0.4, -0.2) is 20.6 Å². The molecule has 0 aliphatic carbocycles. The molecule has 0 saturated heterocycles. The van der Waals surface area contributed by atoms with Crippen LogP contribution in [0.4, 0.5) is 11.4 Å². The number of anilines is 1. The van der Waals surface area contributed by atoms with Crippen LogP contribution in [0.25, 0.3) is 0 Å². The van der Waals surface area contributed by atoms with Gasteiger partial charge in [0.05, 0.1) is 21.7 Å². The highest BCUT2D eigenvalue weighted by Crippen LogP contribution is 2.31. The molecule has 0 radical (unpaired) electrons. The zero-order valence-electron chi connectivity index (χ0n) is 18.9. The summed E-state index contributed by atoms with van der Waals surface area (Å²) in [6, 6.07) is 18.2.